The Morgan fingerprint density at radius 1 is 1.25 bits per heavy atom. The predicted molar refractivity (Wildman–Crippen MR) is 77.8 cm³/mol. The van der Waals surface area contributed by atoms with E-state index in [1.165, 1.54) is 16.0 Å². The lowest BCUT2D eigenvalue weighted by Gasteiger charge is -2.36. The summed E-state index contributed by atoms with van der Waals surface area (Å²) in [6, 6.07) is 12.5. The van der Waals surface area contributed by atoms with Crippen LogP contribution in [0, 0.1) is 0 Å². The second-order valence-electron chi connectivity index (χ2n) is 5.22. The Morgan fingerprint density at radius 2 is 2.05 bits per heavy atom. The molecule has 3 heterocycles. The molecule has 1 fully saturated rings. The molecule has 2 aliphatic rings. The molecule has 1 amide bonds. The van der Waals surface area contributed by atoms with Crippen molar-refractivity contribution < 1.29 is 9.53 Å². The number of rotatable bonds is 2. The van der Waals surface area contributed by atoms with Gasteiger partial charge in [0.05, 0.1) is 12.6 Å². The van der Waals surface area contributed by atoms with E-state index in [4.69, 9.17) is 4.74 Å². The van der Waals surface area contributed by atoms with Crippen molar-refractivity contribution >= 4 is 17.2 Å². The molecule has 2 atom stereocenters. The lowest BCUT2D eigenvalue weighted by atomic mass is 9.93. The van der Waals surface area contributed by atoms with Crippen LogP contribution < -0.4 is 0 Å². The summed E-state index contributed by atoms with van der Waals surface area (Å²) in [6.45, 7) is 1.36. The maximum Gasteiger partial charge on any atom is 0.254 e. The standard InChI is InChI=1S/C16H15NO2S/c18-16(13-10-19-13)17-8-6-14-12(7-9-20-14)15(17)11-4-2-1-3-5-11/h1-5,7,9,13,15H,6,8,10H2. The molecule has 4 heteroatoms. The van der Waals surface area contributed by atoms with Gasteiger partial charge >= 0.3 is 0 Å². The van der Waals surface area contributed by atoms with Crippen molar-refractivity contribution in [3.63, 3.8) is 0 Å². The molecule has 0 saturated carbocycles. The van der Waals surface area contributed by atoms with E-state index >= 15 is 0 Å². The quantitative estimate of drug-likeness (QED) is 0.795. The van der Waals surface area contributed by atoms with Gasteiger partial charge in [0.1, 0.15) is 0 Å². The lowest BCUT2D eigenvalue weighted by Crippen LogP contribution is -2.42. The number of carbonyl (C=O) groups excluding carboxylic acids is 1. The monoisotopic (exact) mass is 285 g/mol. The molecule has 2 unspecified atom stereocenters. The molecule has 2 aromatic rings. The Labute approximate surface area is 121 Å². The van der Waals surface area contributed by atoms with E-state index in [0.29, 0.717) is 6.61 Å². The SMILES string of the molecule is O=C(C1CO1)N1CCc2sccc2C1c1ccccc1. The minimum atomic E-state index is -0.207. The van der Waals surface area contributed by atoms with Gasteiger partial charge in [-0.3, -0.25) is 4.79 Å². The number of nitrogens with zero attached hydrogens (tertiary/aromatic N) is 1. The van der Waals surface area contributed by atoms with Crippen LogP contribution in [-0.4, -0.2) is 30.1 Å². The molecule has 1 aromatic carbocycles. The van der Waals surface area contributed by atoms with E-state index in [1.807, 2.05) is 23.1 Å². The Bertz CT molecular complexity index is 633. The van der Waals surface area contributed by atoms with Crippen molar-refractivity contribution in [2.75, 3.05) is 13.2 Å². The molecule has 0 spiro atoms. The number of epoxide rings is 1. The fourth-order valence-electron chi connectivity index (χ4n) is 2.92. The van der Waals surface area contributed by atoms with Crippen LogP contribution in [0.3, 0.4) is 0 Å². The van der Waals surface area contributed by atoms with E-state index in [-0.39, 0.29) is 18.1 Å². The number of hydrogen-bond acceptors (Lipinski definition) is 3. The average Bonchev–Trinajstić information content (AvgIpc) is 3.24. The average molecular weight is 285 g/mol. The van der Waals surface area contributed by atoms with Gasteiger partial charge in [-0.05, 0) is 29.0 Å². The number of ether oxygens (including phenoxy) is 1. The largest absolute Gasteiger partial charge is 0.363 e. The van der Waals surface area contributed by atoms with E-state index in [1.54, 1.807) is 11.3 Å². The molecule has 0 bridgehead atoms. The molecular formula is C16H15NO2S. The Balaban J connectivity index is 1.78. The predicted octanol–water partition coefficient (Wildman–Crippen LogP) is 2.62. The summed E-state index contributed by atoms with van der Waals surface area (Å²) in [5.41, 5.74) is 2.46. The van der Waals surface area contributed by atoms with Crippen LogP contribution in [0.4, 0.5) is 0 Å². The highest BCUT2D eigenvalue weighted by Gasteiger charge is 2.40. The highest BCUT2D eigenvalue weighted by molar-refractivity contribution is 7.10. The van der Waals surface area contributed by atoms with E-state index < -0.39 is 0 Å². The van der Waals surface area contributed by atoms with Crippen molar-refractivity contribution in [3.8, 4) is 0 Å². The third-order valence-corrected chi connectivity index (χ3v) is 4.97. The Kier molecular flexibility index (Phi) is 2.86. The molecule has 0 radical (unpaired) electrons. The van der Waals surface area contributed by atoms with Gasteiger partial charge < -0.3 is 9.64 Å². The number of benzene rings is 1. The van der Waals surface area contributed by atoms with Gasteiger partial charge in [-0.2, -0.15) is 0 Å². The lowest BCUT2D eigenvalue weighted by molar-refractivity contribution is -0.134. The summed E-state index contributed by atoms with van der Waals surface area (Å²) in [5.74, 6) is 0.135. The van der Waals surface area contributed by atoms with Gasteiger partial charge in [0.2, 0.25) is 0 Å². The first-order valence-electron chi connectivity index (χ1n) is 6.88. The minimum absolute atomic E-state index is 0.0444. The first-order valence-corrected chi connectivity index (χ1v) is 7.76. The molecule has 0 N–H and O–H groups in total. The summed E-state index contributed by atoms with van der Waals surface area (Å²) in [4.78, 5) is 15.9. The summed E-state index contributed by atoms with van der Waals surface area (Å²) < 4.78 is 5.19. The molecule has 1 saturated heterocycles. The van der Waals surface area contributed by atoms with Crippen LogP contribution in [0.15, 0.2) is 41.8 Å². The summed E-state index contributed by atoms with van der Waals surface area (Å²) in [5, 5.41) is 2.13. The van der Waals surface area contributed by atoms with Crippen LogP contribution in [0.5, 0.6) is 0 Å². The van der Waals surface area contributed by atoms with Gasteiger partial charge in [0.25, 0.3) is 5.91 Å². The Morgan fingerprint density at radius 3 is 2.80 bits per heavy atom. The summed E-state index contributed by atoms with van der Waals surface area (Å²) in [6.07, 6.45) is 0.746. The second-order valence-corrected chi connectivity index (χ2v) is 6.22. The second kappa shape index (κ2) is 4.72. The van der Waals surface area contributed by atoms with Crippen LogP contribution >= 0.6 is 11.3 Å². The molecule has 0 aliphatic carbocycles. The van der Waals surface area contributed by atoms with Gasteiger partial charge in [0.15, 0.2) is 6.10 Å². The highest BCUT2D eigenvalue weighted by atomic mass is 32.1. The van der Waals surface area contributed by atoms with Crippen molar-refractivity contribution in [2.45, 2.75) is 18.6 Å². The fourth-order valence-corrected chi connectivity index (χ4v) is 3.83. The van der Waals surface area contributed by atoms with Crippen molar-refractivity contribution in [1.82, 2.24) is 4.90 Å². The number of thiophene rings is 1. The first kappa shape index (κ1) is 12.1. The maximum absolute atomic E-state index is 12.5. The summed E-state index contributed by atoms with van der Waals surface area (Å²) in [7, 11) is 0. The number of fused-ring (bicyclic) bond motifs is 1. The van der Waals surface area contributed by atoms with Gasteiger partial charge in [0, 0.05) is 11.4 Å². The number of carbonyl (C=O) groups is 1. The van der Waals surface area contributed by atoms with Crippen molar-refractivity contribution in [3.05, 3.63) is 57.8 Å². The van der Waals surface area contributed by atoms with Gasteiger partial charge in [-0.1, -0.05) is 30.3 Å². The molecule has 20 heavy (non-hydrogen) atoms. The van der Waals surface area contributed by atoms with Crippen LogP contribution in [-0.2, 0) is 16.0 Å². The zero-order valence-electron chi connectivity index (χ0n) is 11.0. The Hall–Kier alpha value is -1.65. The van der Waals surface area contributed by atoms with E-state index in [9.17, 15) is 4.79 Å². The normalized spacial score (nSPS) is 24.3. The molecule has 102 valence electrons. The highest BCUT2D eigenvalue weighted by Crippen LogP contribution is 2.38. The summed E-state index contributed by atoms with van der Waals surface area (Å²) >= 11 is 1.79. The smallest absolute Gasteiger partial charge is 0.254 e. The molecule has 3 nitrogen and oxygen atoms in total. The number of amides is 1. The zero-order valence-corrected chi connectivity index (χ0v) is 11.8. The minimum Gasteiger partial charge on any atom is -0.363 e. The topological polar surface area (TPSA) is 32.8 Å². The molecule has 1 aromatic heterocycles. The maximum atomic E-state index is 12.5. The molecule has 4 rings (SSSR count). The van der Waals surface area contributed by atoms with Crippen LogP contribution in [0.2, 0.25) is 0 Å². The third kappa shape index (κ3) is 1.96. The third-order valence-electron chi connectivity index (χ3n) is 3.97. The molecular weight excluding hydrogens is 270 g/mol. The molecule has 2 aliphatic heterocycles. The zero-order chi connectivity index (χ0) is 13.5. The van der Waals surface area contributed by atoms with Crippen molar-refractivity contribution in [1.29, 1.82) is 0 Å². The van der Waals surface area contributed by atoms with Crippen LogP contribution in [0.25, 0.3) is 0 Å². The van der Waals surface area contributed by atoms with Crippen LogP contribution in [0.1, 0.15) is 22.0 Å². The van der Waals surface area contributed by atoms with Crippen molar-refractivity contribution in [2.24, 2.45) is 0 Å². The first-order chi connectivity index (χ1) is 9.84. The number of hydrogen-bond donors (Lipinski definition) is 0. The van der Waals surface area contributed by atoms with E-state index in [0.717, 1.165) is 13.0 Å². The van der Waals surface area contributed by atoms with E-state index in [2.05, 4.69) is 23.6 Å². The fraction of sp³-hybridized carbons (Fsp3) is 0.312. The van der Waals surface area contributed by atoms with Gasteiger partial charge in [-0.15, -0.1) is 11.3 Å². The van der Waals surface area contributed by atoms with Gasteiger partial charge in [-0.25, -0.2) is 0 Å².